The van der Waals surface area contributed by atoms with Crippen LogP contribution in [0.3, 0.4) is 0 Å². The lowest BCUT2D eigenvalue weighted by Gasteiger charge is -2.19. The summed E-state index contributed by atoms with van der Waals surface area (Å²) in [5.41, 5.74) is 6.55. The highest BCUT2D eigenvalue weighted by molar-refractivity contribution is 6.30. The highest BCUT2D eigenvalue weighted by Crippen LogP contribution is 2.39. The number of fused-ring (bicyclic) bond motifs is 4. The average Bonchev–Trinajstić information content (AvgIpc) is 2.97. The Hall–Kier alpha value is -3.31. The Kier molecular flexibility index (Phi) is 3.84. The maximum atomic E-state index is 11.0. The van der Waals surface area contributed by atoms with E-state index in [0.29, 0.717) is 5.02 Å². The Morgan fingerprint density at radius 3 is 2.61 bits per heavy atom. The number of nitrogens with zero attached hydrogens (tertiary/aromatic N) is 1. The van der Waals surface area contributed by atoms with Gasteiger partial charge in [-0.25, -0.2) is 0 Å². The van der Waals surface area contributed by atoms with Gasteiger partial charge in [0, 0.05) is 45.9 Å². The van der Waals surface area contributed by atoms with Gasteiger partial charge < -0.3 is 10.3 Å². The predicted molar refractivity (Wildman–Crippen MR) is 111 cm³/mol. The minimum absolute atomic E-state index is 0.0847. The number of nitro benzene ring substituents is 1. The second-order valence-corrected chi connectivity index (χ2v) is 7.40. The van der Waals surface area contributed by atoms with Crippen molar-refractivity contribution >= 4 is 33.9 Å². The minimum Gasteiger partial charge on any atom is -0.373 e. The number of para-hydroxylation sites is 1. The molecule has 0 fully saturated rings. The molecule has 0 saturated carbocycles. The summed E-state index contributed by atoms with van der Waals surface area (Å²) < 4.78 is 0. The second-order valence-electron chi connectivity index (χ2n) is 6.97. The maximum absolute atomic E-state index is 11.0. The van der Waals surface area contributed by atoms with E-state index in [-0.39, 0.29) is 16.7 Å². The van der Waals surface area contributed by atoms with E-state index in [1.807, 2.05) is 42.5 Å². The summed E-state index contributed by atoms with van der Waals surface area (Å²) in [6.07, 6.45) is 0.756. The van der Waals surface area contributed by atoms with Crippen LogP contribution < -0.4 is 5.32 Å². The van der Waals surface area contributed by atoms with Gasteiger partial charge in [0.25, 0.3) is 5.69 Å². The van der Waals surface area contributed by atoms with Crippen LogP contribution in [0.25, 0.3) is 10.9 Å². The molecule has 1 aromatic heterocycles. The third kappa shape index (κ3) is 2.72. The third-order valence-corrected chi connectivity index (χ3v) is 5.54. The van der Waals surface area contributed by atoms with E-state index in [9.17, 15) is 10.1 Å². The molecule has 2 heterocycles. The third-order valence-electron chi connectivity index (χ3n) is 5.31. The van der Waals surface area contributed by atoms with E-state index >= 15 is 0 Å². The van der Waals surface area contributed by atoms with Gasteiger partial charge in [-0.15, -0.1) is 0 Å². The number of non-ortho nitro benzene ring substituents is 1. The van der Waals surface area contributed by atoms with Gasteiger partial charge in [0.15, 0.2) is 0 Å². The van der Waals surface area contributed by atoms with Crippen LogP contribution in [-0.4, -0.2) is 9.91 Å². The summed E-state index contributed by atoms with van der Waals surface area (Å²) in [7, 11) is 0. The van der Waals surface area contributed by atoms with Crippen molar-refractivity contribution in [3.8, 4) is 0 Å². The quantitative estimate of drug-likeness (QED) is 0.334. The number of rotatable bonds is 2. The van der Waals surface area contributed by atoms with Crippen LogP contribution in [0, 0.1) is 10.1 Å². The molecule has 28 heavy (non-hydrogen) atoms. The van der Waals surface area contributed by atoms with Crippen LogP contribution in [0.5, 0.6) is 0 Å². The maximum Gasteiger partial charge on any atom is 0.269 e. The molecule has 1 unspecified atom stereocenters. The van der Waals surface area contributed by atoms with E-state index in [1.54, 1.807) is 12.1 Å². The molecular weight excluding hydrogens is 374 g/mol. The fourth-order valence-electron chi connectivity index (χ4n) is 3.96. The van der Waals surface area contributed by atoms with Gasteiger partial charge in [-0.1, -0.05) is 29.8 Å². The summed E-state index contributed by atoms with van der Waals surface area (Å²) in [4.78, 5) is 14.2. The number of nitro groups is 1. The van der Waals surface area contributed by atoms with Gasteiger partial charge in [-0.05, 0) is 53.1 Å². The number of aromatic amines is 1. The zero-order valence-corrected chi connectivity index (χ0v) is 15.5. The monoisotopic (exact) mass is 389 g/mol. The van der Waals surface area contributed by atoms with Gasteiger partial charge in [-0.2, -0.15) is 0 Å². The number of hydrogen-bond acceptors (Lipinski definition) is 3. The van der Waals surface area contributed by atoms with E-state index in [1.165, 1.54) is 10.9 Å². The minimum atomic E-state index is -0.379. The van der Waals surface area contributed by atoms with Crippen LogP contribution in [0.15, 0.2) is 66.7 Å². The first-order chi connectivity index (χ1) is 13.6. The van der Waals surface area contributed by atoms with E-state index < -0.39 is 0 Å². The van der Waals surface area contributed by atoms with Crippen molar-refractivity contribution in [2.75, 3.05) is 5.32 Å². The Balaban J connectivity index is 1.72. The van der Waals surface area contributed by atoms with Crippen LogP contribution in [0.2, 0.25) is 5.02 Å². The molecule has 0 aliphatic carbocycles. The van der Waals surface area contributed by atoms with E-state index in [2.05, 4.69) is 22.4 Å². The number of H-pyrrole nitrogens is 1. The van der Waals surface area contributed by atoms with Gasteiger partial charge >= 0.3 is 0 Å². The Morgan fingerprint density at radius 1 is 1.04 bits per heavy atom. The van der Waals surface area contributed by atoms with Crippen LogP contribution in [-0.2, 0) is 6.42 Å². The molecule has 0 bridgehead atoms. The lowest BCUT2D eigenvalue weighted by Crippen LogP contribution is -2.13. The molecule has 3 aromatic carbocycles. The highest BCUT2D eigenvalue weighted by Gasteiger charge is 2.26. The lowest BCUT2D eigenvalue weighted by molar-refractivity contribution is -0.384. The van der Waals surface area contributed by atoms with Gasteiger partial charge in [-0.3, -0.25) is 10.1 Å². The lowest BCUT2D eigenvalue weighted by atomic mass is 9.97. The van der Waals surface area contributed by atoms with Crippen molar-refractivity contribution in [1.29, 1.82) is 0 Å². The first-order valence-corrected chi connectivity index (χ1v) is 9.37. The summed E-state index contributed by atoms with van der Waals surface area (Å²) in [6, 6.07) is 20.7. The zero-order chi connectivity index (χ0) is 19.3. The van der Waals surface area contributed by atoms with Gasteiger partial charge in [0.1, 0.15) is 0 Å². The van der Waals surface area contributed by atoms with Crippen LogP contribution >= 0.6 is 11.6 Å². The predicted octanol–water partition coefficient (Wildman–Crippen LogP) is 5.84. The molecule has 1 aliphatic rings. The normalized spacial score (nSPS) is 15.4. The van der Waals surface area contributed by atoms with Crippen molar-refractivity contribution in [1.82, 2.24) is 4.98 Å². The van der Waals surface area contributed by atoms with Crippen molar-refractivity contribution < 1.29 is 4.92 Å². The summed E-state index contributed by atoms with van der Waals surface area (Å²) in [5, 5.41) is 16.5. The molecule has 6 heteroatoms. The van der Waals surface area contributed by atoms with Crippen molar-refractivity contribution in [3.63, 3.8) is 0 Å². The van der Waals surface area contributed by atoms with Gasteiger partial charge in [0.05, 0.1) is 11.0 Å². The molecule has 5 rings (SSSR count). The summed E-state index contributed by atoms with van der Waals surface area (Å²) >= 11 is 6.25. The molecule has 0 spiro atoms. The number of halogens is 1. The van der Waals surface area contributed by atoms with Gasteiger partial charge in [0.2, 0.25) is 0 Å². The Bertz CT molecular complexity index is 1210. The molecule has 0 amide bonds. The summed E-state index contributed by atoms with van der Waals surface area (Å²) in [5.74, 6) is 0. The topological polar surface area (TPSA) is 71.0 Å². The van der Waals surface area contributed by atoms with E-state index in [0.717, 1.165) is 34.4 Å². The van der Waals surface area contributed by atoms with Crippen molar-refractivity contribution in [2.24, 2.45) is 0 Å². The molecule has 138 valence electrons. The molecule has 1 aliphatic heterocycles. The fourth-order valence-corrected chi connectivity index (χ4v) is 4.16. The largest absolute Gasteiger partial charge is 0.373 e. The van der Waals surface area contributed by atoms with Crippen LogP contribution in [0.1, 0.15) is 28.4 Å². The summed E-state index contributed by atoms with van der Waals surface area (Å²) in [6.45, 7) is 0. The number of benzene rings is 3. The molecule has 5 nitrogen and oxygen atoms in total. The number of hydrogen-bond donors (Lipinski definition) is 2. The SMILES string of the molecule is O=[N+]([O-])c1ccc(C2Nc3ccc(Cl)cc3Cc3c2[nH]c2ccccc32)cc1. The second kappa shape index (κ2) is 6.39. The Morgan fingerprint density at radius 2 is 1.82 bits per heavy atom. The van der Waals surface area contributed by atoms with E-state index in [4.69, 9.17) is 11.6 Å². The molecule has 0 radical (unpaired) electrons. The van der Waals surface area contributed by atoms with Crippen LogP contribution in [0.4, 0.5) is 11.4 Å². The molecule has 2 N–H and O–H groups in total. The molecule has 1 atom stereocenters. The smallest absolute Gasteiger partial charge is 0.269 e. The first kappa shape index (κ1) is 16.8. The fraction of sp³-hybridized carbons (Fsp3) is 0.0909. The van der Waals surface area contributed by atoms with Crippen molar-refractivity contribution in [3.05, 3.63) is 104 Å². The van der Waals surface area contributed by atoms with Crippen molar-refractivity contribution in [2.45, 2.75) is 12.5 Å². The molecule has 4 aromatic rings. The Labute approximate surface area is 166 Å². The highest BCUT2D eigenvalue weighted by atomic mass is 35.5. The number of nitrogens with one attached hydrogen (secondary N) is 2. The zero-order valence-electron chi connectivity index (χ0n) is 14.8. The average molecular weight is 390 g/mol. The number of aromatic nitrogens is 1. The standard InChI is InChI=1S/C22H16ClN3O2/c23-15-7-10-19-14(11-15)12-18-17-3-1-2-4-20(17)25-22(18)21(24-19)13-5-8-16(9-6-13)26(27)28/h1-11,21,24-25H,12H2. The number of anilines is 1. The molecule has 0 saturated heterocycles. The molecular formula is C22H16ClN3O2. The first-order valence-electron chi connectivity index (χ1n) is 8.99.